The van der Waals surface area contributed by atoms with Crippen LogP contribution in [0.15, 0.2) is 48.5 Å². The first kappa shape index (κ1) is 16.8. The average molecular weight is 433 g/mol. The minimum atomic E-state index is 0.435. The molecule has 1 heterocycles. The Hall–Kier alpha value is -2.02. The van der Waals surface area contributed by atoms with Crippen LogP contribution >= 0.6 is 22.6 Å². The fourth-order valence-electron chi connectivity index (χ4n) is 2.48. The number of benzene rings is 2. The van der Waals surface area contributed by atoms with Crippen LogP contribution in [0.1, 0.15) is 30.9 Å². The summed E-state index contributed by atoms with van der Waals surface area (Å²) >= 11 is 2.22. The lowest BCUT2D eigenvalue weighted by molar-refractivity contribution is 0.307. The fraction of sp³-hybridized carbons (Fsp3) is 0.211. The number of hydrogen-bond acceptors (Lipinski definition) is 3. The van der Waals surface area contributed by atoms with Gasteiger partial charge in [0.15, 0.2) is 5.82 Å². The molecule has 0 bridgehead atoms. The molecular formula is C19H20IN3O. The molecular weight excluding hydrogens is 413 g/mol. The summed E-state index contributed by atoms with van der Waals surface area (Å²) in [5.74, 6) is 1.77. The van der Waals surface area contributed by atoms with E-state index in [2.05, 4.69) is 70.9 Å². The van der Waals surface area contributed by atoms with Crippen molar-refractivity contribution < 1.29 is 4.74 Å². The minimum absolute atomic E-state index is 0.435. The van der Waals surface area contributed by atoms with Gasteiger partial charge in [0.1, 0.15) is 12.4 Å². The van der Waals surface area contributed by atoms with Crippen molar-refractivity contribution in [3.63, 3.8) is 0 Å². The van der Waals surface area contributed by atoms with Crippen LogP contribution in [0.3, 0.4) is 0 Å². The largest absolute Gasteiger partial charge is 0.488 e. The highest BCUT2D eigenvalue weighted by molar-refractivity contribution is 14.1. The first-order valence-electron chi connectivity index (χ1n) is 7.86. The van der Waals surface area contributed by atoms with Crippen molar-refractivity contribution in [2.24, 2.45) is 0 Å². The van der Waals surface area contributed by atoms with Crippen LogP contribution in [0.4, 0.5) is 5.82 Å². The zero-order valence-electron chi connectivity index (χ0n) is 13.7. The molecule has 2 aromatic carbocycles. The summed E-state index contributed by atoms with van der Waals surface area (Å²) < 4.78 is 7.00. The van der Waals surface area contributed by atoms with Gasteiger partial charge in [-0.2, -0.15) is 5.10 Å². The van der Waals surface area contributed by atoms with Gasteiger partial charge in [-0.15, -0.1) is 0 Å². The quantitative estimate of drug-likeness (QED) is 0.559. The molecule has 0 aliphatic rings. The number of aromatic amines is 1. The first-order chi connectivity index (χ1) is 11.6. The van der Waals surface area contributed by atoms with E-state index in [1.165, 1.54) is 5.56 Å². The maximum atomic E-state index is 6.08. The molecule has 3 aromatic rings. The van der Waals surface area contributed by atoms with Crippen LogP contribution in [-0.4, -0.2) is 10.2 Å². The first-order valence-corrected chi connectivity index (χ1v) is 8.94. The molecule has 0 atom stereocenters. The van der Waals surface area contributed by atoms with Gasteiger partial charge in [0.2, 0.25) is 0 Å². The summed E-state index contributed by atoms with van der Waals surface area (Å²) in [6.07, 6.45) is 0. The van der Waals surface area contributed by atoms with E-state index in [1.807, 2.05) is 24.3 Å². The lowest BCUT2D eigenvalue weighted by Gasteiger charge is -2.14. The smallest absolute Gasteiger partial charge is 0.159 e. The second-order valence-electron chi connectivity index (χ2n) is 5.98. The number of ether oxygens (including phenoxy) is 1. The van der Waals surface area contributed by atoms with Gasteiger partial charge < -0.3 is 10.5 Å². The molecule has 3 rings (SSSR count). The molecule has 0 aliphatic heterocycles. The average Bonchev–Trinajstić information content (AvgIpc) is 2.93. The highest BCUT2D eigenvalue weighted by atomic mass is 127. The summed E-state index contributed by atoms with van der Waals surface area (Å²) in [7, 11) is 0. The molecule has 1 aromatic heterocycles. The molecule has 0 unspecified atom stereocenters. The number of aromatic nitrogens is 2. The standard InChI is InChI=1S/C19H20IN3O/c1-12(2)14-8-9-16(24-11-13-6-4-3-5-7-13)15(10-14)18-17(20)19(21)23-22-18/h3-10,12H,11H2,1-2H3,(H3,21,22,23). The third kappa shape index (κ3) is 3.56. The molecule has 0 saturated carbocycles. The van der Waals surface area contributed by atoms with Crippen molar-refractivity contribution in [3.8, 4) is 17.0 Å². The topological polar surface area (TPSA) is 63.9 Å². The van der Waals surface area contributed by atoms with E-state index in [-0.39, 0.29) is 0 Å². The van der Waals surface area contributed by atoms with E-state index >= 15 is 0 Å². The highest BCUT2D eigenvalue weighted by Gasteiger charge is 2.16. The second-order valence-corrected chi connectivity index (χ2v) is 7.06. The third-order valence-corrected chi connectivity index (χ3v) is 5.00. The summed E-state index contributed by atoms with van der Waals surface area (Å²) in [6.45, 7) is 4.88. The Kier molecular flexibility index (Phi) is 5.08. The molecule has 3 N–H and O–H groups in total. The number of hydrogen-bond donors (Lipinski definition) is 2. The number of anilines is 1. The van der Waals surface area contributed by atoms with Gasteiger partial charge in [0.05, 0.1) is 9.26 Å². The van der Waals surface area contributed by atoms with E-state index in [0.717, 1.165) is 26.1 Å². The van der Waals surface area contributed by atoms with Crippen LogP contribution in [0.2, 0.25) is 0 Å². The normalized spacial score (nSPS) is 11.0. The van der Waals surface area contributed by atoms with Gasteiger partial charge in [-0.1, -0.05) is 50.2 Å². The molecule has 0 spiro atoms. The molecule has 4 nitrogen and oxygen atoms in total. The molecule has 0 fully saturated rings. The summed E-state index contributed by atoms with van der Waals surface area (Å²) in [6, 6.07) is 16.4. The summed E-state index contributed by atoms with van der Waals surface area (Å²) in [5.41, 5.74) is 10.2. The molecule has 5 heteroatoms. The molecule has 0 radical (unpaired) electrons. The minimum Gasteiger partial charge on any atom is -0.488 e. The molecule has 0 amide bonds. The third-order valence-electron chi connectivity index (χ3n) is 3.91. The van der Waals surface area contributed by atoms with Gasteiger partial charge >= 0.3 is 0 Å². The number of rotatable bonds is 5. The monoisotopic (exact) mass is 433 g/mol. The van der Waals surface area contributed by atoms with E-state index in [4.69, 9.17) is 10.5 Å². The molecule has 0 saturated heterocycles. The Bertz CT molecular complexity index is 828. The highest BCUT2D eigenvalue weighted by Crippen LogP contribution is 2.36. The Morgan fingerprint density at radius 1 is 1.17 bits per heavy atom. The lowest BCUT2D eigenvalue weighted by atomic mass is 9.99. The van der Waals surface area contributed by atoms with Crippen LogP contribution in [0.25, 0.3) is 11.3 Å². The van der Waals surface area contributed by atoms with Gasteiger partial charge in [-0.3, -0.25) is 5.10 Å². The van der Waals surface area contributed by atoms with Gasteiger partial charge in [0, 0.05) is 5.56 Å². The van der Waals surface area contributed by atoms with Crippen molar-refractivity contribution >= 4 is 28.4 Å². The Morgan fingerprint density at radius 3 is 2.54 bits per heavy atom. The predicted molar refractivity (Wildman–Crippen MR) is 106 cm³/mol. The number of nitrogens with two attached hydrogens (primary N) is 1. The van der Waals surface area contributed by atoms with Crippen molar-refractivity contribution in [2.45, 2.75) is 26.4 Å². The van der Waals surface area contributed by atoms with E-state index in [9.17, 15) is 0 Å². The van der Waals surface area contributed by atoms with Crippen molar-refractivity contribution in [3.05, 3.63) is 63.2 Å². The number of H-pyrrole nitrogens is 1. The maximum Gasteiger partial charge on any atom is 0.159 e. The number of nitrogens with zero attached hydrogens (tertiary/aromatic N) is 1. The van der Waals surface area contributed by atoms with Crippen LogP contribution in [0, 0.1) is 3.57 Å². The van der Waals surface area contributed by atoms with Crippen LogP contribution in [0.5, 0.6) is 5.75 Å². The zero-order valence-corrected chi connectivity index (χ0v) is 15.9. The number of nitrogens with one attached hydrogen (secondary N) is 1. The maximum absolute atomic E-state index is 6.08. The van der Waals surface area contributed by atoms with Gasteiger partial charge in [0.25, 0.3) is 0 Å². The Labute approximate surface area is 155 Å². The molecule has 0 aliphatic carbocycles. The van der Waals surface area contributed by atoms with Crippen LogP contribution in [-0.2, 0) is 6.61 Å². The number of halogens is 1. The van der Waals surface area contributed by atoms with E-state index in [0.29, 0.717) is 18.3 Å². The van der Waals surface area contributed by atoms with E-state index in [1.54, 1.807) is 0 Å². The zero-order chi connectivity index (χ0) is 17.1. The van der Waals surface area contributed by atoms with Crippen molar-refractivity contribution in [1.82, 2.24) is 10.2 Å². The van der Waals surface area contributed by atoms with Gasteiger partial charge in [-0.05, 0) is 51.8 Å². The Morgan fingerprint density at radius 2 is 1.92 bits per heavy atom. The van der Waals surface area contributed by atoms with Crippen molar-refractivity contribution in [2.75, 3.05) is 5.73 Å². The van der Waals surface area contributed by atoms with Crippen LogP contribution < -0.4 is 10.5 Å². The lowest BCUT2D eigenvalue weighted by Crippen LogP contribution is -1.99. The Balaban J connectivity index is 1.97. The molecule has 24 heavy (non-hydrogen) atoms. The van der Waals surface area contributed by atoms with Gasteiger partial charge in [-0.25, -0.2) is 0 Å². The SMILES string of the molecule is CC(C)c1ccc(OCc2ccccc2)c(-c2[nH]nc(N)c2I)c1. The predicted octanol–water partition coefficient (Wildman–Crippen LogP) is 4.97. The van der Waals surface area contributed by atoms with E-state index < -0.39 is 0 Å². The molecule has 124 valence electrons. The summed E-state index contributed by atoms with van der Waals surface area (Å²) in [5, 5.41) is 7.15. The summed E-state index contributed by atoms with van der Waals surface area (Å²) in [4.78, 5) is 0. The number of nitrogen functional groups attached to an aromatic ring is 1. The fourth-order valence-corrected chi connectivity index (χ4v) is 3.02. The second kappa shape index (κ2) is 7.25. The van der Waals surface area contributed by atoms with Crippen molar-refractivity contribution in [1.29, 1.82) is 0 Å².